The Morgan fingerprint density at radius 2 is 2.14 bits per heavy atom. The van der Waals surface area contributed by atoms with E-state index in [0.717, 1.165) is 24.5 Å². The third-order valence-electron chi connectivity index (χ3n) is 3.89. The van der Waals surface area contributed by atoms with E-state index in [1.165, 1.54) is 0 Å². The minimum Gasteiger partial charge on any atom is -0.496 e. The van der Waals surface area contributed by atoms with Crippen LogP contribution < -0.4 is 4.74 Å². The molecule has 118 valence electrons. The molecule has 0 spiro atoms. The van der Waals surface area contributed by atoms with E-state index in [1.807, 2.05) is 24.3 Å². The molecule has 0 bridgehead atoms. The Morgan fingerprint density at radius 1 is 1.32 bits per heavy atom. The van der Waals surface area contributed by atoms with E-state index in [4.69, 9.17) is 14.0 Å². The molecule has 1 aromatic heterocycles. The first-order valence-corrected chi connectivity index (χ1v) is 7.49. The van der Waals surface area contributed by atoms with Crippen molar-refractivity contribution in [3.05, 3.63) is 30.2 Å². The Labute approximate surface area is 130 Å². The van der Waals surface area contributed by atoms with E-state index < -0.39 is 0 Å². The second-order valence-corrected chi connectivity index (χ2v) is 5.63. The average molecular weight is 303 g/mol. The first kappa shape index (κ1) is 15.0. The van der Waals surface area contributed by atoms with Crippen molar-refractivity contribution in [2.24, 2.45) is 0 Å². The fourth-order valence-electron chi connectivity index (χ4n) is 2.62. The van der Waals surface area contributed by atoms with Crippen molar-refractivity contribution in [1.29, 1.82) is 0 Å². The Balaban J connectivity index is 1.76. The largest absolute Gasteiger partial charge is 0.496 e. The molecule has 3 rings (SSSR count). The number of rotatable bonds is 4. The molecular weight excluding hydrogens is 282 g/mol. The van der Waals surface area contributed by atoms with E-state index >= 15 is 0 Å². The van der Waals surface area contributed by atoms with Crippen LogP contribution in [-0.4, -0.2) is 47.4 Å². The highest BCUT2D eigenvalue weighted by Crippen LogP contribution is 2.27. The smallest absolute Gasteiger partial charge is 0.241 e. The third kappa shape index (κ3) is 3.13. The van der Waals surface area contributed by atoms with E-state index in [0.29, 0.717) is 24.3 Å². The van der Waals surface area contributed by atoms with E-state index in [1.54, 1.807) is 7.11 Å². The molecule has 2 aromatic rings. The van der Waals surface area contributed by atoms with Gasteiger partial charge in [-0.1, -0.05) is 17.3 Å². The van der Waals surface area contributed by atoms with Gasteiger partial charge in [0.1, 0.15) is 5.75 Å². The minimum absolute atomic E-state index is 0.229. The highest BCUT2D eigenvalue weighted by Gasteiger charge is 2.25. The van der Waals surface area contributed by atoms with Gasteiger partial charge in [-0.3, -0.25) is 4.90 Å². The summed E-state index contributed by atoms with van der Waals surface area (Å²) in [5.74, 6) is 1.91. The number of para-hydroxylation sites is 1. The molecule has 6 heteroatoms. The molecule has 1 aliphatic heterocycles. The fourth-order valence-corrected chi connectivity index (χ4v) is 2.62. The number of methoxy groups -OCH3 is 1. The fraction of sp³-hybridized carbons (Fsp3) is 0.500. The lowest BCUT2D eigenvalue weighted by molar-refractivity contribution is -0.0555. The van der Waals surface area contributed by atoms with Gasteiger partial charge in [0.05, 0.1) is 31.9 Å². The van der Waals surface area contributed by atoms with Gasteiger partial charge in [0, 0.05) is 12.6 Å². The molecular formula is C16H21N3O3. The minimum atomic E-state index is 0.229. The number of aromatic nitrogens is 2. The maximum Gasteiger partial charge on any atom is 0.241 e. The van der Waals surface area contributed by atoms with Crippen LogP contribution in [0.25, 0.3) is 11.4 Å². The lowest BCUT2D eigenvalue weighted by atomic mass is 10.2. The molecule has 0 saturated carbocycles. The van der Waals surface area contributed by atoms with Crippen LogP contribution >= 0.6 is 0 Å². The zero-order valence-electron chi connectivity index (χ0n) is 13.2. The highest BCUT2D eigenvalue weighted by molar-refractivity contribution is 5.63. The summed E-state index contributed by atoms with van der Waals surface area (Å²) in [6.45, 7) is 6.45. The van der Waals surface area contributed by atoms with Crippen molar-refractivity contribution >= 4 is 0 Å². The Bertz CT molecular complexity index is 629. The average Bonchev–Trinajstić information content (AvgIpc) is 2.99. The number of nitrogens with zero attached hydrogens (tertiary/aromatic N) is 3. The molecule has 2 atom stereocenters. The van der Waals surface area contributed by atoms with Crippen LogP contribution in [0.2, 0.25) is 0 Å². The zero-order valence-corrected chi connectivity index (χ0v) is 13.2. The van der Waals surface area contributed by atoms with Crippen molar-refractivity contribution in [1.82, 2.24) is 15.0 Å². The van der Waals surface area contributed by atoms with E-state index in [2.05, 4.69) is 28.9 Å². The Kier molecular flexibility index (Phi) is 4.40. The summed E-state index contributed by atoms with van der Waals surface area (Å²) >= 11 is 0. The summed E-state index contributed by atoms with van der Waals surface area (Å²) in [5, 5.41) is 4.08. The van der Waals surface area contributed by atoms with Gasteiger partial charge < -0.3 is 14.0 Å². The molecule has 0 unspecified atom stereocenters. The first-order valence-electron chi connectivity index (χ1n) is 7.49. The van der Waals surface area contributed by atoms with E-state index in [9.17, 15) is 0 Å². The summed E-state index contributed by atoms with van der Waals surface area (Å²) in [6.07, 6.45) is 0.229. The number of morpholine rings is 1. The van der Waals surface area contributed by atoms with Crippen molar-refractivity contribution in [2.75, 3.05) is 20.3 Å². The lowest BCUT2D eigenvalue weighted by Crippen LogP contribution is -2.46. The Morgan fingerprint density at radius 3 is 2.95 bits per heavy atom. The van der Waals surface area contributed by atoms with Crippen LogP contribution in [-0.2, 0) is 11.3 Å². The van der Waals surface area contributed by atoms with Crippen LogP contribution in [0.3, 0.4) is 0 Å². The van der Waals surface area contributed by atoms with Gasteiger partial charge in [0.25, 0.3) is 0 Å². The molecule has 1 aliphatic rings. The number of hydrogen-bond acceptors (Lipinski definition) is 6. The second kappa shape index (κ2) is 6.46. The molecule has 0 radical (unpaired) electrons. The van der Waals surface area contributed by atoms with Gasteiger partial charge in [0.2, 0.25) is 11.7 Å². The SMILES string of the molecule is COc1ccccc1-c1noc(CN2C[C@@H](C)OC[C@H]2C)n1. The van der Waals surface area contributed by atoms with Crippen molar-refractivity contribution in [3.8, 4) is 17.1 Å². The standard InChI is InChI=1S/C16H21N3O3/c1-11-10-21-12(2)8-19(11)9-15-17-16(18-22-15)13-6-4-5-7-14(13)20-3/h4-7,11-12H,8-10H2,1-3H3/t11-,12-/m1/s1. The number of ether oxygens (including phenoxy) is 2. The van der Waals surface area contributed by atoms with Crippen LogP contribution in [0.5, 0.6) is 5.75 Å². The predicted octanol–water partition coefficient (Wildman–Crippen LogP) is 2.35. The van der Waals surface area contributed by atoms with Gasteiger partial charge in [-0.15, -0.1) is 0 Å². The van der Waals surface area contributed by atoms with Crippen LogP contribution in [0.1, 0.15) is 19.7 Å². The monoisotopic (exact) mass is 303 g/mol. The quantitative estimate of drug-likeness (QED) is 0.864. The summed E-state index contributed by atoms with van der Waals surface area (Å²) < 4.78 is 16.4. The molecule has 2 heterocycles. The summed E-state index contributed by atoms with van der Waals surface area (Å²) in [4.78, 5) is 6.80. The molecule has 1 saturated heterocycles. The van der Waals surface area contributed by atoms with Gasteiger partial charge >= 0.3 is 0 Å². The first-order chi connectivity index (χ1) is 10.7. The zero-order chi connectivity index (χ0) is 15.5. The molecule has 6 nitrogen and oxygen atoms in total. The van der Waals surface area contributed by atoms with Crippen molar-refractivity contribution in [2.45, 2.75) is 32.5 Å². The van der Waals surface area contributed by atoms with Crippen molar-refractivity contribution < 1.29 is 14.0 Å². The second-order valence-electron chi connectivity index (χ2n) is 5.63. The molecule has 1 fully saturated rings. The molecule has 1 aromatic carbocycles. The lowest BCUT2D eigenvalue weighted by Gasteiger charge is -2.35. The normalized spacial score (nSPS) is 22.7. The highest BCUT2D eigenvalue weighted by atomic mass is 16.5. The van der Waals surface area contributed by atoms with Crippen molar-refractivity contribution in [3.63, 3.8) is 0 Å². The third-order valence-corrected chi connectivity index (χ3v) is 3.89. The van der Waals surface area contributed by atoms with Gasteiger partial charge in [-0.2, -0.15) is 4.98 Å². The molecule has 0 N–H and O–H groups in total. The number of hydrogen-bond donors (Lipinski definition) is 0. The summed E-state index contributed by atoms with van der Waals surface area (Å²) in [6, 6.07) is 8.00. The maximum absolute atomic E-state index is 5.64. The molecule has 0 amide bonds. The van der Waals surface area contributed by atoms with Crippen LogP contribution in [0.4, 0.5) is 0 Å². The summed E-state index contributed by atoms with van der Waals surface area (Å²) in [7, 11) is 1.64. The molecule has 0 aliphatic carbocycles. The topological polar surface area (TPSA) is 60.6 Å². The number of benzene rings is 1. The van der Waals surface area contributed by atoms with Crippen LogP contribution in [0, 0.1) is 0 Å². The van der Waals surface area contributed by atoms with Gasteiger partial charge in [-0.05, 0) is 26.0 Å². The van der Waals surface area contributed by atoms with Gasteiger partial charge in [0.15, 0.2) is 0 Å². The van der Waals surface area contributed by atoms with Crippen LogP contribution in [0.15, 0.2) is 28.8 Å². The van der Waals surface area contributed by atoms with E-state index in [-0.39, 0.29) is 6.10 Å². The molecule has 22 heavy (non-hydrogen) atoms. The summed E-state index contributed by atoms with van der Waals surface area (Å²) in [5.41, 5.74) is 0.836. The predicted molar refractivity (Wildman–Crippen MR) is 81.6 cm³/mol. The maximum atomic E-state index is 5.64. The Hall–Kier alpha value is -1.92. The van der Waals surface area contributed by atoms with Gasteiger partial charge in [-0.25, -0.2) is 0 Å².